The van der Waals surface area contributed by atoms with E-state index in [-0.39, 0.29) is 36.6 Å². The molecule has 0 aromatic heterocycles. The SMILES string of the molecule is CCOC(=O)C1CNC(=O)CC1c1ccc(F)cc1. The van der Waals surface area contributed by atoms with Crippen LogP contribution in [0.5, 0.6) is 0 Å². The highest BCUT2D eigenvalue weighted by atomic mass is 19.1. The van der Waals surface area contributed by atoms with Crippen molar-refractivity contribution in [1.82, 2.24) is 5.32 Å². The molecule has 1 aromatic carbocycles. The Kier molecular flexibility index (Phi) is 4.14. The molecule has 1 fully saturated rings. The molecule has 1 amide bonds. The number of halogens is 1. The second-order valence-corrected chi connectivity index (χ2v) is 4.52. The molecule has 1 heterocycles. The molecule has 1 aliphatic rings. The molecule has 1 aliphatic heterocycles. The van der Waals surface area contributed by atoms with E-state index in [1.54, 1.807) is 19.1 Å². The lowest BCUT2D eigenvalue weighted by Crippen LogP contribution is -2.43. The Labute approximate surface area is 110 Å². The normalized spacial score (nSPS) is 22.7. The minimum Gasteiger partial charge on any atom is -0.466 e. The van der Waals surface area contributed by atoms with Gasteiger partial charge in [0, 0.05) is 18.9 Å². The van der Waals surface area contributed by atoms with E-state index in [9.17, 15) is 14.0 Å². The average molecular weight is 265 g/mol. The van der Waals surface area contributed by atoms with Crippen LogP contribution >= 0.6 is 0 Å². The van der Waals surface area contributed by atoms with Crippen LogP contribution in [0.25, 0.3) is 0 Å². The number of piperidine rings is 1. The number of esters is 1. The summed E-state index contributed by atoms with van der Waals surface area (Å²) in [5.74, 6) is -1.43. The topological polar surface area (TPSA) is 55.4 Å². The van der Waals surface area contributed by atoms with E-state index in [0.717, 1.165) is 5.56 Å². The molecule has 0 spiro atoms. The van der Waals surface area contributed by atoms with Crippen LogP contribution in [0, 0.1) is 11.7 Å². The predicted molar refractivity (Wildman–Crippen MR) is 66.9 cm³/mol. The van der Waals surface area contributed by atoms with Crippen LogP contribution in [0.4, 0.5) is 4.39 Å². The number of carbonyl (C=O) groups excluding carboxylic acids is 2. The first-order chi connectivity index (χ1) is 9.11. The fourth-order valence-corrected chi connectivity index (χ4v) is 2.34. The van der Waals surface area contributed by atoms with Gasteiger partial charge in [0.05, 0.1) is 12.5 Å². The van der Waals surface area contributed by atoms with Crippen molar-refractivity contribution in [2.75, 3.05) is 13.2 Å². The number of ether oxygens (including phenoxy) is 1. The summed E-state index contributed by atoms with van der Waals surface area (Å²) in [6.45, 7) is 2.31. The minimum atomic E-state index is -0.414. The van der Waals surface area contributed by atoms with Gasteiger partial charge < -0.3 is 10.1 Å². The monoisotopic (exact) mass is 265 g/mol. The maximum Gasteiger partial charge on any atom is 0.311 e. The fourth-order valence-electron chi connectivity index (χ4n) is 2.34. The van der Waals surface area contributed by atoms with Crippen molar-refractivity contribution >= 4 is 11.9 Å². The highest BCUT2D eigenvalue weighted by Crippen LogP contribution is 2.31. The van der Waals surface area contributed by atoms with Crippen molar-refractivity contribution < 1.29 is 18.7 Å². The zero-order chi connectivity index (χ0) is 13.8. The summed E-state index contributed by atoms with van der Waals surface area (Å²) in [5.41, 5.74) is 0.786. The highest BCUT2D eigenvalue weighted by Gasteiger charge is 2.36. The van der Waals surface area contributed by atoms with Crippen LogP contribution in [0.1, 0.15) is 24.8 Å². The van der Waals surface area contributed by atoms with Crippen molar-refractivity contribution in [3.8, 4) is 0 Å². The minimum absolute atomic E-state index is 0.102. The molecule has 0 bridgehead atoms. The van der Waals surface area contributed by atoms with Gasteiger partial charge in [-0.2, -0.15) is 0 Å². The zero-order valence-corrected chi connectivity index (χ0v) is 10.7. The van der Waals surface area contributed by atoms with E-state index in [1.165, 1.54) is 12.1 Å². The van der Waals surface area contributed by atoms with Crippen LogP contribution < -0.4 is 5.32 Å². The molecule has 2 atom stereocenters. The van der Waals surface area contributed by atoms with Crippen molar-refractivity contribution in [3.05, 3.63) is 35.6 Å². The van der Waals surface area contributed by atoms with Crippen LogP contribution in [0.15, 0.2) is 24.3 Å². The van der Waals surface area contributed by atoms with Crippen molar-refractivity contribution in [3.63, 3.8) is 0 Å². The standard InChI is InChI=1S/C14H16FNO3/c1-2-19-14(18)12-8-16-13(17)7-11(12)9-3-5-10(15)6-4-9/h3-6,11-12H,2,7-8H2,1H3,(H,16,17). The van der Waals surface area contributed by atoms with Crippen LogP contribution in [-0.2, 0) is 14.3 Å². The Hall–Kier alpha value is -1.91. The molecule has 1 N–H and O–H groups in total. The fraction of sp³-hybridized carbons (Fsp3) is 0.429. The lowest BCUT2D eigenvalue weighted by Gasteiger charge is -2.30. The van der Waals surface area contributed by atoms with E-state index >= 15 is 0 Å². The summed E-state index contributed by atoms with van der Waals surface area (Å²) in [6.07, 6.45) is 0.217. The van der Waals surface area contributed by atoms with Gasteiger partial charge in [-0.25, -0.2) is 4.39 Å². The van der Waals surface area contributed by atoms with Gasteiger partial charge in [-0.15, -0.1) is 0 Å². The molecule has 5 heteroatoms. The molecular weight excluding hydrogens is 249 g/mol. The summed E-state index contributed by atoms with van der Waals surface area (Å²) < 4.78 is 18.0. The third kappa shape index (κ3) is 3.10. The van der Waals surface area contributed by atoms with Gasteiger partial charge in [0.1, 0.15) is 5.82 Å². The van der Waals surface area contributed by atoms with E-state index in [4.69, 9.17) is 4.74 Å². The summed E-state index contributed by atoms with van der Waals surface area (Å²) in [6, 6.07) is 5.91. The molecule has 2 rings (SSSR count). The zero-order valence-electron chi connectivity index (χ0n) is 10.7. The Balaban J connectivity index is 2.23. The smallest absolute Gasteiger partial charge is 0.311 e. The summed E-state index contributed by atoms with van der Waals surface area (Å²) in [7, 11) is 0. The summed E-state index contributed by atoms with van der Waals surface area (Å²) in [5, 5.41) is 2.67. The van der Waals surface area contributed by atoms with Crippen molar-refractivity contribution in [2.24, 2.45) is 5.92 Å². The number of carbonyl (C=O) groups is 2. The average Bonchev–Trinajstić information content (AvgIpc) is 2.39. The van der Waals surface area contributed by atoms with E-state index in [0.29, 0.717) is 6.61 Å². The van der Waals surface area contributed by atoms with Crippen LogP contribution in [0.2, 0.25) is 0 Å². The first kappa shape index (κ1) is 13.5. The van der Waals surface area contributed by atoms with E-state index < -0.39 is 5.92 Å². The first-order valence-electron chi connectivity index (χ1n) is 6.30. The largest absolute Gasteiger partial charge is 0.466 e. The highest BCUT2D eigenvalue weighted by molar-refractivity contribution is 5.83. The molecular formula is C14H16FNO3. The lowest BCUT2D eigenvalue weighted by atomic mass is 9.81. The number of nitrogens with one attached hydrogen (secondary N) is 1. The Morgan fingerprint density at radius 3 is 2.74 bits per heavy atom. The van der Waals surface area contributed by atoms with Gasteiger partial charge >= 0.3 is 5.97 Å². The molecule has 19 heavy (non-hydrogen) atoms. The maximum atomic E-state index is 12.9. The Morgan fingerprint density at radius 2 is 2.11 bits per heavy atom. The second-order valence-electron chi connectivity index (χ2n) is 4.52. The molecule has 4 nitrogen and oxygen atoms in total. The third-order valence-corrected chi connectivity index (χ3v) is 3.30. The molecule has 0 aliphatic carbocycles. The van der Waals surface area contributed by atoms with E-state index in [2.05, 4.69) is 5.32 Å². The first-order valence-corrected chi connectivity index (χ1v) is 6.30. The number of hydrogen-bond acceptors (Lipinski definition) is 3. The Morgan fingerprint density at radius 1 is 1.42 bits per heavy atom. The van der Waals surface area contributed by atoms with Gasteiger partial charge in [0.25, 0.3) is 0 Å². The third-order valence-electron chi connectivity index (χ3n) is 3.30. The number of amides is 1. The van der Waals surface area contributed by atoms with Gasteiger partial charge in [0.15, 0.2) is 0 Å². The predicted octanol–water partition coefficient (Wildman–Crippen LogP) is 1.61. The molecule has 2 unspecified atom stereocenters. The maximum absolute atomic E-state index is 12.9. The summed E-state index contributed by atoms with van der Waals surface area (Å²) >= 11 is 0. The van der Waals surface area contributed by atoms with Gasteiger partial charge in [-0.1, -0.05) is 12.1 Å². The number of hydrogen-bond donors (Lipinski definition) is 1. The number of benzene rings is 1. The number of rotatable bonds is 3. The van der Waals surface area contributed by atoms with Crippen LogP contribution in [0.3, 0.4) is 0 Å². The van der Waals surface area contributed by atoms with E-state index in [1.807, 2.05) is 0 Å². The van der Waals surface area contributed by atoms with Crippen molar-refractivity contribution in [1.29, 1.82) is 0 Å². The molecule has 1 saturated heterocycles. The summed E-state index contributed by atoms with van der Waals surface area (Å²) in [4.78, 5) is 23.4. The molecule has 1 aromatic rings. The quantitative estimate of drug-likeness (QED) is 0.845. The van der Waals surface area contributed by atoms with Gasteiger partial charge in [-0.3, -0.25) is 9.59 Å². The lowest BCUT2D eigenvalue weighted by molar-refractivity contribution is -0.150. The van der Waals surface area contributed by atoms with Crippen LogP contribution in [-0.4, -0.2) is 25.0 Å². The molecule has 0 saturated carbocycles. The molecule has 0 radical (unpaired) electrons. The Bertz CT molecular complexity index is 472. The van der Waals surface area contributed by atoms with Gasteiger partial charge in [0.2, 0.25) is 5.91 Å². The van der Waals surface area contributed by atoms with Gasteiger partial charge in [-0.05, 0) is 24.6 Å². The van der Waals surface area contributed by atoms with Crippen molar-refractivity contribution in [2.45, 2.75) is 19.3 Å². The molecule has 102 valence electrons. The second kappa shape index (κ2) is 5.82.